The maximum atomic E-state index is 10.5. The first-order valence-corrected chi connectivity index (χ1v) is 11.9. The molecular weight excluding hydrogens is 392 g/mol. The molecule has 0 unspecified atom stereocenters. The first kappa shape index (κ1) is 26.7. The van der Waals surface area contributed by atoms with Gasteiger partial charge in [-0.1, -0.05) is 39.8 Å². The van der Waals surface area contributed by atoms with E-state index >= 15 is 0 Å². The van der Waals surface area contributed by atoms with Crippen LogP contribution in [0.4, 0.5) is 0 Å². The molecule has 3 nitrogen and oxygen atoms in total. The number of aliphatic hydroxyl groups is 1. The molecule has 0 aliphatic carbocycles. The van der Waals surface area contributed by atoms with Crippen molar-refractivity contribution < 1.29 is 14.6 Å². The lowest BCUT2D eigenvalue weighted by Gasteiger charge is -2.32. The van der Waals surface area contributed by atoms with Gasteiger partial charge in [0, 0.05) is 29.4 Å². The molecular formula is C26H42O3S. The minimum absolute atomic E-state index is 0.0561. The van der Waals surface area contributed by atoms with Crippen LogP contribution in [-0.2, 0) is 10.2 Å². The van der Waals surface area contributed by atoms with Crippen LogP contribution in [-0.4, -0.2) is 31.5 Å². The van der Waals surface area contributed by atoms with Crippen molar-refractivity contribution >= 4 is 11.3 Å². The number of hydrogen-bond acceptors (Lipinski definition) is 4. The van der Waals surface area contributed by atoms with E-state index in [-0.39, 0.29) is 5.41 Å². The van der Waals surface area contributed by atoms with Crippen molar-refractivity contribution in [3.05, 3.63) is 50.7 Å². The first-order chi connectivity index (χ1) is 14.2. The highest BCUT2D eigenvalue weighted by Gasteiger charge is 2.33. The van der Waals surface area contributed by atoms with E-state index in [0.717, 1.165) is 24.2 Å². The van der Waals surface area contributed by atoms with Crippen LogP contribution >= 0.6 is 11.3 Å². The van der Waals surface area contributed by atoms with Gasteiger partial charge < -0.3 is 14.6 Å². The molecule has 1 N–H and O–H groups in total. The number of benzene rings is 1. The van der Waals surface area contributed by atoms with Crippen molar-refractivity contribution in [1.82, 2.24) is 0 Å². The summed E-state index contributed by atoms with van der Waals surface area (Å²) < 4.78 is 10.3. The zero-order chi connectivity index (χ0) is 22.9. The zero-order valence-electron chi connectivity index (χ0n) is 20.5. The Labute approximate surface area is 188 Å². The molecule has 0 saturated carbocycles. The highest BCUT2D eigenvalue weighted by molar-refractivity contribution is 7.12. The molecule has 1 aromatic heterocycles. The Kier molecular flexibility index (Phi) is 10.6. The molecule has 1 heterocycles. The zero-order valence-corrected chi connectivity index (χ0v) is 21.3. The number of thiophene rings is 1. The Morgan fingerprint density at radius 3 is 1.83 bits per heavy atom. The average Bonchev–Trinajstić information content (AvgIpc) is 3.07. The van der Waals surface area contributed by atoms with Gasteiger partial charge in [0.15, 0.2) is 0 Å². The molecule has 2 aromatic rings. The van der Waals surface area contributed by atoms with E-state index in [0.29, 0.717) is 19.4 Å². The molecule has 170 valence electrons. The summed E-state index contributed by atoms with van der Waals surface area (Å²) in [6, 6.07) is 8.96. The number of hydrogen-bond donors (Lipinski definition) is 1. The fourth-order valence-corrected chi connectivity index (χ4v) is 5.12. The minimum atomic E-state index is -0.742. The molecule has 1 aromatic carbocycles. The molecule has 4 heteroatoms. The molecule has 0 fully saturated rings. The molecule has 30 heavy (non-hydrogen) atoms. The van der Waals surface area contributed by atoms with Crippen LogP contribution in [0.15, 0.2) is 24.3 Å². The maximum Gasteiger partial charge on any atom is 0.122 e. The van der Waals surface area contributed by atoms with Crippen molar-refractivity contribution in [3.63, 3.8) is 0 Å². The third-order valence-corrected chi connectivity index (χ3v) is 7.74. The normalized spacial score (nSPS) is 11.8. The summed E-state index contributed by atoms with van der Waals surface area (Å²) in [5.41, 5.74) is 3.20. The summed E-state index contributed by atoms with van der Waals surface area (Å²) in [6.45, 7) is 15.5. The Balaban J connectivity index is 0.00000141. The Hall–Kier alpha value is -1.36. The van der Waals surface area contributed by atoms with Gasteiger partial charge in [0.1, 0.15) is 12.4 Å². The smallest absolute Gasteiger partial charge is 0.122 e. The van der Waals surface area contributed by atoms with Crippen molar-refractivity contribution in [2.24, 2.45) is 0 Å². The first-order valence-electron chi connectivity index (χ1n) is 11.1. The molecule has 0 aliphatic heterocycles. The summed E-state index contributed by atoms with van der Waals surface area (Å²) in [5, 5.41) is 10.5. The van der Waals surface area contributed by atoms with Crippen LogP contribution in [0.2, 0.25) is 0 Å². The Morgan fingerprint density at radius 2 is 1.43 bits per heavy atom. The maximum absolute atomic E-state index is 10.5. The van der Waals surface area contributed by atoms with Crippen LogP contribution in [0.1, 0.15) is 79.8 Å². The number of aryl methyl sites for hydroxylation is 3. The van der Waals surface area contributed by atoms with E-state index < -0.39 is 5.60 Å². The molecule has 0 amide bonds. The summed E-state index contributed by atoms with van der Waals surface area (Å²) in [5.74, 6) is 0.874. The summed E-state index contributed by atoms with van der Waals surface area (Å²) in [7, 11) is 3.25. The van der Waals surface area contributed by atoms with E-state index in [1.807, 2.05) is 25.2 Å². The minimum Gasteiger partial charge on any atom is -0.490 e. The van der Waals surface area contributed by atoms with Gasteiger partial charge in [0.2, 0.25) is 0 Å². The standard InChI is InChI=1S/C24H36O2S.C2H6O/c1-8-23(25,9-2)16-26-21-13-12-20(14-18(21)6)24(10-3,11-4)22-15-17(5)19(7)27-22;1-3-2/h12-15,25H,8-11,16H2,1-7H3;1-2H3. The second kappa shape index (κ2) is 11.9. The third kappa shape index (κ3) is 6.09. The fraction of sp³-hybridized carbons (Fsp3) is 0.615. The molecule has 0 spiro atoms. The van der Waals surface area contributed by atoms with Crippen molar-refractivity contribution in [1.29, 1.82) is 0 Å². The lowest BCUT2D eigenvalue weighted by atomic mass is 9.74. The summed E-state index contributed by atoms with van der Waals surface area (Å²) in [4.78, 5) is 2.87. The van der Waals surface area contributed by atoms with Gasteiger partial charge in [-0.2, -0.15) is 0 Å². The van der Waals surface area contributed by atoms with Crippen molar-refractivity contribution in [3.8, 4) is 5.75 Å². The molecule has 0 saturated heterocycles. The quantitative estimate of drug-likeness (QED) is 0.463. The van der Waals surface area contributed by atoms with E-state index in [1.165, 1.54) is 20.9 Å². The lowest BCUT2D eigenvalue weighted by Crippen LogP contribution is -2.34. The predicted molar refractivity (Wildman–Crippen MR) is 130 cm³/mol. The van der Waals surface area contributed by atoms with Crippen LogP contribution in [0, 0.1) is 20.8 Å². The van der Waals surface area contributed by atoms with Gasteiger partial charge in [0.25, 0.3) is 0 Å². The molecule has 0 aliphatic rings. The molecule has 0 radical (unpaired) electrons. The van der Waals surface area contributed by atoms with E-state index in [4.69, 9.17) is 4.74 Å². The summed E-state index contributed by atoms with van der Waals surface area (Å²) in [6.07, 6.45) is 3.56. The van der Waals surface area contributed by atoms with Gasteiger partial charge in [-0.15, -0.1) is 11.3 Å². The van der Waals surface area contributed by atoms with E-state index in [1.54, 1.807) is 14.2 Å². The van der Waals surface area contributed by atoms with Gasteiger partial charge in [-0.3, -0.25) is 0 Å². The highest BCUT2D eigenvalue weighted by atomic mass is 32.1. The van der Waals surface area contributed by atoms with Crippen molar-refractivity contribution in [2.75, 3.05) is 20.8 Å². The SMILES string of the molecule is CCC(O)(CC)COc1ccc(C(CC)(CC)c2cc(C)c(C)s2)cc1C.COC. The lowest BCUT2D eigenvalue weighted by molar-refractivity contribution is -0.0115. The number of ether oxygens (including phenoxy) is 2. The topological polar surface area (TPSA) is 38.7 Å². The average molecular weight is 435 g/mol. The molecule has 0 atom stereocenters. The largest absolute Gasteiger partial charge is 0.490 e. The molecule has 0 bridgehead atoms. The number of methoxy groups -OCH3 is 1. The van der Waals surface area contributed by atoms with Gasteiger partial charge in [-0.05, 0) is 75.3 Å². The fourth-order valence-electron chi connectivity index (χ4n) is 3.73. The second-order valence-electron chi connectivity index (χ2n) is 8.25. The van der Waals surface area contributed by atoms with E-state index in [2.05, 4.69) is 63.6 Å². The van der Waals surface area contributed by atoms with Crippen LogP contribution < -0.4 is 4.74 Å². The Morgan fingerprint density at radius 1 is 0.867 bits per heavy atom. The van der Waals surface area contributed by atoms with Gasteiger partial charge in [0.05, 0.1) is 5.60 Å². The summed E-state index contributed by atoms with van der Waals surface area (Å²) >= 11 is 1.93. The molecule has 2 rings (SSSR count). The third-order valence-electron chi connectivity index (χ3n) is 6.38. The number of rotatable bonds is 9. The van der Waals surface area contributed by atoms with Gasteiger partial charge >= 0.3 is 0 Å². The Bertz CT molecular complexity index is 751. The van der Waals surface area contributed by atoms with Gasteiger partial charge in [-0.25, -0.2) is 0 Å². The van der Waals surface area contributed by atoms with Crippen LogP contribution in [0.5, 0.6) is 5.75 Å². The monoisotopic (exact) mass is 434 g/mol. The van der Waals surface area contributed by atoms with Crippen LogP contribution in [0.25, 0.3) is 0 Å². The highest BCUT2D eigenvalue weighted by Crippen LogP contribution is 2.44. The van der Waals surface area contributed by atoms with Crippen LogP contribution in [0.3, 0.4) is 0 Å². The second-order valence-corrected chi connectivity index (χ2v) is 9.50. The van der Waals surface area contributed by atoms with Crippen molar-refractivity contribution in [2.45, 2.75) is 85.2 Å². The van der Waals surface area contributed by atoms with E-state index in [9.17, 15) is 5.11 Å². The predicted octanol–water partition coefficient (Wildman–Crippen LogP) is 6.97.